The van der Waals surface area contributed by atoms with E-state index in [4.69, 9.17) is 4.74 Å². The van der Waals surface area contributed by atoms with Gasteiger partial charge in [0, 0.05) is 17.6 Å². The van der Waals surface area contributed by atoms with Crippen molar-refractivity contribution >= 4 is 39.1 Å². The number of anilines is 4. The van der Waals surface area contributed by atoms with Gasteiger partial charge < -0.3 is 20.5 Å². The van der Waals surface area contributed by atoms with Crippen molar-refractivity contribution in [2.24, 2.45) is 0 Å². The second-order valence-electron chi connectivity index (χ2n) is 5.90. The minimum absolute atomic E-state index is 0.285. The van der Waals surface area contributed by atoms with Crippen LogP contribution in [0.3, 0.4) is 0 Å². The molecule has 1 heterocycles. The number of aliphatic hydroxyl groups excluding tert-OH is 1. The maximum absolute atomic E-state index is 9.56. The normalized spacial score (nSPS) is 11.7. The minimum atomic E-state index is -0.450. The average molecular weight is 429 g/mol. The predicted molar refractivity (Wildman–Crippen MR) is 111 cm³/mol. The molecular formula is C20H21BrN4O2. The minimum Gasteiger partial charge on any atom is -0.491 e. The lowest BCUT2D eigenvalue weighted by atomic mass is 10.3. The third kappa shape index (κ3) is 5.67. The van der Waals surface area contributed by atoms with Crippen molar-refractivity contribution in [3.8, 4) is 5.75 Å². The first-order valence-corrected chi connectivity index (χ1v) is 9.46. The topological polar surface area (TPSA) is 79.3 Å². The first kappa shape index (κ1) is 19.1. The van der Waals surface area contributed by atoms with Crippen LogP contribution in [0.25, 0.3) is 0 Å². The number of hydrogen-bond acceptors (Lipinski definition) is 6. The van der Waals surface area contributed by atoms with E-state index in [0.717, 1.165) is 15.8 Å². The summed E-state index contributed by atoms with van der Waals surface area (Å²) < 4.78 is 6.31. The van der Waals surface area contributed by atoms with Gasteiger partial charge in [-0.2, -0.15) is 4.98 Å². The summed E-state index contributed by atoms with van der Waals surface area (Å²) in [5.74, 6) is 1.86. The van der Waals surface area contributed by atoms with E-state index in [1.54, 1.807) is 6.20 Å². The number of rotatable bonds is 8. The van der Waals surface area contributed by atoms with Crippen LogP contribution in [-0.4, -0.2) is 27.8 Å². The number of nitrogens with one attached hydrogen (secondary N) is 2. The molecule has 1 unspecified atom stereocenters. The Bertz CT molecular complexity index is 860. The van der Waals surface area contributed by atoms with Gasteiger partial charge in [-0.3, -0.25) is 0 Å². The van der Waals surface area contributed by atoms with Gasteiger partial charge in [0.15, 0.2) is 0 Å². The van der Waals surface area contributed by atoms with E-state index in [0.29, 0.717) is 23.9 Å². The van der Waals surface area contributed by atoms with Gasteiger partial charge in [-0.1, -0.05) is 25.1 Å². The molecule has 0 aliphatic heterocycles. The molecule has 3 N–H and O–H groups in total. The average Bonchev–Trinajstić information content (AvgIpc) is 2.70. The summed E-state index contributed by atoms with van der Waals surface area (Å²) in [6.45, 7) is 2.20. The van der Waals surface area contributed by atoms with Crippen molar-refractivity contribution in [1.82, 2.24) is 9.97 Å². The Morgan fingerprint density at radius 2 is 1.74 bits per heavy atom. The van der Waals surface area contributed by atoms with Crippen LogP contribution in [-0.2, 0) is 0 Å². The zero-order valence-corrected chi connectivity index (χ0v) is 16.5. The van der Waals surface area contributed by atoms with Crippen LogP contribution in [0.5, 0.6) is 5.75 Å². The Balaban J connectivity index is 1.66. The van der Waals surface area contributed by atoms with Gasteiger partial charge in [-0.15, -0.1) is 0 Å². The lowest BCUT2D eigenvalue weighted by molar-refractivity contribution is 0.104. The lowest BCUT2D eigenvalue weighted by Crippen LogP contribution is -2.15. The molecule has 0 fully saturated rings. The van der Waals surface area contributed by atoms with Gasteiger partial charge >= 0.3 is 0 Å². The molecule has 140 valence electrons. The molecule has 7 heteroatoms. The van der Waals surface area contributed by atoms with Crippen molar-refractivity contribution in [1.29, 1.82) is 0 Å². The van der Waals surface area contributed by atoms with Crippen LogP contribution in [0.15, 0.2) is 65.3 Å². The summed E-state index contributed by atoms with van der Waals surface area (Å²) in [6.07, 6.45) is 1.92. The Labute approximate surface area is 166 Å². The van der Waals surface area contributed by atoms with Crippen molar-refractivity contribution in [3.63, 3.8) is 0 Å². The van der Waals surface area contributed by atoms with Crippen LogP contribution in [0.4, 0.5) is 23.1 Å². The molecule has 1 aromatic heterocycles. The van der Waals surface area contributed by atoms with Gasteiger partial charge in [-0.05, 0) is 58.7 Å². The van der Waals surface area contributed by atoms with Crippen LogP contribution < -0.4 is 15.4 Å². The van der Waals surface area contributed by atoms with Crippen LogP contribution >= 0.6 is 15.9 Å². The van der Waals surface area contributed by atoms with E-state index < -0.39 is 6.10 Å². The molecule has 3 rings (SSSR count). The molecule has 6 nitrogen and oxygen atoms in total. The van der Waals surface area contributed by atoms with E-state index in [2.05, 4.69) is 36.5 Å². The third-order valence-corrected chi connectivity index (χ3v) is 4.39. The summed E-state index contributed by atoms with van der Waals surface area (Å²) in [4.78, 5) is 8.81. The molecule has 0 spiro atoms. The van der Waals surface area contributed by atoms with E-state index in [-0.39, 0.29) is 6.61 Å². The van der Waals surface area contributed by atoms with Crippen LogP contribution in [0, 0.1) is 0 Å². The fourth-order valence-corrected chi connectivity index (χ4v) is 2.54. The highest BCUT2D eigenvalue weighted by atomic mass is 79.9. The van der Waals surface area contributed by atoms with E-state index in [1.165, 1.54) is 0 Å². The number of hydrogen-bond donors (Lipinski definition) is 3. The molecule has 2 aromatic carbocycles. The standard InChI is InChI=1S/C20H21BrN4O2/c1-2-16(26)13-27-17-10-8-15(9-11-17)24-20-22-12-18(21)19(25-20)23-14-6-4-3-5-7-14/h3-12,16,26H,2,13H2,1H3,(H2,22,23,24,25). The maximum atomic E-state index is 9.56. The molecule has 0 radical (unpaired) electrons. The molecule has 0 aliphatic carbocycles. The number of ether oxygens (including phenoxy) is 1. The summed E-state index contributed by atoms with van der Waals surface area (Å²) >= 11 is 3.47. The summed E-state index contributed by atoms with van der Waals surface area (Å²) in [7, 11) is 0. The number of benzene rings is 2. The molecule has 0 bridgehead atoms. The van der Waals surface area contributed by atoms with Crippen molar-refractivity contribution in [2.75, 3.05) is 17.2 Å². The lowest BCUT2D eigenvalue weighted by Gasteiger charge is -2.12. The van der Waals surface area contributed by atoms with Gasteiger partial charge in [-0.25, -0.2) is 4.98 Å². The highest BCUT2D eigenvalue weighted by Gasteiger charge is 2.07. The summed E-state index contributed by atoms with van der Waals surface area (Å²) in [5.41, 5.74) is 1.78. The second kappa shape index (κ2) is 9.34. The van der Waals surface area contributed by atoms with Gasteiger partial charge in [0.1, 0.15) is 18.2 Å². The number of nitrogens with zero attached hydrogens (tertiary/aromatic N) is 2. The maximum Gasteiger partial charge on any atom is 0.229 e. The molecular weight excluding hydrogens is 408 g/mol. The van der Waals surface area contributed by atoms with Crippen molar-refractivity contribution < 1.29 is 9.84 Å². The Hall–Kier alpha value is -2.64. The van der Waals surface area contributed by atoms with Gasteiger partial charge in [0.2, 0.25) is 5.95 Å². The molecule has 3 aromatic rings. The molecule has 27 heavy (non-hydrogen) atoms. The summed E-state index contributed by atoms with van der Waals surface area (Å²) in [6, 6.07) is 17.3. The molecule has 0 aliphatic rings. The molecule has 0 saturated carbocycles. The van der Waals surface area contributed by atoms with Gasteiger partial charge in [0.25, 0.3) is 0 Å². The Morgan fingerprint density at radius 3 is 2.44 bits per heavy atom. The van der Waals surface area contributed by atoms with Crippen LogP contribution in [0.1, 0.15) is 13.3 Å². The third-order valence-electron chi connectivity index (χ3n) is 3.80. The molecule has 0 saturated heterocycles. The molecule has 0 amide bonds. The number of aliphatic hydroxyl groups is 1. The Kier molecular flexibility index (Phi) is 6.62. The number of halogens is 1. The SMILES string of the molecule is CCC(O)COc1ccc(Nc2ncc(Br)c(Nc3ccccc3)n2)cc1. The first-order chi connectivity index (χ1) is 13.1. The smallest absolute Gasteiger partial charge is 0.229 e. The first-order valence-electron chi connectivity index (χ1n) is 8.66. The largest absolute Gasteiger partial charge is 0.491 e. The summed E-state index contributed by atoms with van der Waals surface area (Å²) in [5, 5.41) is 16.0. The second-order valence-corrected chi connectivity index (χ2v) is 6.76. The quantitative estimate of drug-likeness (QED) is 0.474. The predicted octanol–water partition coefficient (Wildman–Crippen LogP) is 4.88. The fourth-order valence-electron chi connectivity index (χ4n) is 2.25. The zero-order valence-electron chi connectivity index (χ0n) is 14.9. The van der Waals surface area contributed by atoms with Crippen molar-refractivity contribution in [2.45, 2.75) is 19.4 Å². The highest BCUT2D eigenvalue weighted by Crippen LogP contribution is 2.25. The van der Waals surface area contributed by atoms with Gasteiger partial charge in [0.05, 0.1) is 10.6 Å². The zero-order chi connectivity index (χ0) is 19.1. The highest BCUT2D eigenvalue weighted by molar-refractivity contribution is 9.10. The monoisotopic (exact) mass is 428 g/mol. The van der Waals surface area contributed by atoms with E-state index >= 15 is 0 Å². The molecule has 1 atom stereocenters. The number of para-hydroxylation sites is 1. The van der Waals surface area contributed by atoms with Crippen molar-refractivity contribution in [3.05, 3.63) is 65.3 Å². The number of aromatic nitrogens is 2. The van der Waals surface area contributed by atoms with E-state index in [1.807, 2.05) is 61.5 Å². The van der Waals surface area contributed by atoms with Crippen LogP contribution in [0.2, 0.25) is 0 Å². The fraction of sp³-hybridized carbons (Fsp3) is 0.200. The Morgan fingerprint density at radius 1 is 1.04 bits per heavy atom. The van der Waals surface area contributed by atoms with E-state index in [9.17, 15) is 5.11 Å².